The minimum atomic E-state index is -0.703. The molecule has 3 amide bonds. The summed E-state index contributed by atoms with van der Waals surface area (Å²) in [5, 5.41) is 5.84. The number of carbonyl (C=O) groups excluding carboxylic acids is 2. The first-order chi connectivity index (χ1) is 12.5. The van der Waals surface area contributed by atoms with Gasteiger partial charge in [-0.05, 0) is 25.7 Å². The lowest BCUT2D eigenvalue weighted by Gasteiger charge is -2.36. The second-order valence-electron chi connectivity index (χ2n) is 7.45. The number of rotatable bonds is 3. The first-order valence-electron chi connectivity index (χ1n) is 9.15. The monoisotopic (exact) mass is 369 g/mol. The number of nitrogens with one attached hydrogen (secondary N) is 1. The van der Waals surface area contributed by atoms with E-state index in [1.807, 2.05) is 17.5 Å². The van der Waals surface area contributed by atoms with Gasteiger partial charge in [-0.3, -0.25) is 9.69 Å². The zero-order chi connectivity index (χ0) is 18.3. The summed E-state index contributed by atoms with van der Waals surface area (Å²) in [6, 6.07) is 7.92. The van der Waals surface area contributed by atoms with Gasteiger partial charge in [0.2, 0.25) is 0 Å². The Balaban J connectivity index is 1.53. The summed E-state index contributed by atoms with van der Waals surface area (Å²) < 4.78 is 0. The largest absolute Gasteiger partial charge is 0.325 e. The summed E-state index contributed by atoms with van der Waals surface area (Å²) in [7, 11) is 0. The van der Waals surface area contributed by atoms with Crippen LogP contribution in [0, 0.1) is 12.8 Å². The van der Waals surface area contributed by atoms with E-state index >= 15 is 0 Å². The van der Waals surface area contributed by atoms with Gasteiger partial charge < -0.3 is 5.32 Å². The quantitative estimate of drug-likeness (QED) is 0.828. The van der Waals surface area contributed by atoms with Crippen molar-refractivity contribution in [3.05, 3.63) is 40.9 Å². The SMILES string of the molecule is Cc1ccc(-c2nc(CN3C(=O)N[C@@]4(CCCC[C@H]4C)C3=O)cs2)cc1. The Morgan fingerprint density at radius 2 is 2.04 bits per heavy atom. The van der Waals surface area contributed by atoms with Gasteiger partial charge in [0.15, 0.2) is 0 Å². The molecule has 2 aliphatic rings. The van der Waals surface area contributed by atoms with Crippen LogP contribution in [-0.2, 0) is 11.3 Å². The van der Waals surface area contributed by atoms with E-state index in [-0.39, 0.29) is 24.4 Å². The molecule has 1 aromatic carbocycles. The Labute approximate surface area is 157 Å². The van der Waals surface area contributed by atoms with Crippen LogP contribution in [0.4, 0.5) is 4.79 Å². The van der Waals surface area contributed by atoms with Crippen LogP contribution in [-0.4, -0.2) is 27.4 Å². The number of amides is 3. The van der Waals surface area contributed by atoms with Gasteiger partial charge >= 0.3 is 6.03 Å². The maximum atomic E-state index is 13.0. The van der Waals surface area contributed by atoms with E-state index in [2.05, 4.69) is 36.3 Å². The van der Waals surface area contributed by atoms with Crippen molar-refractivity contribution in [1.29, 1.82) is 0 Å². The number of benzene rings is 1. The van der Waals surface area contributed by atoms with Crippen molar-refractivity contribution in [2.45, 2.75) is 51.6 Å². The van der Waals surface area contributed by atoms with Crippen LogP contribution in [0.15, 0.2) is 29.6 Å². The van der Waals surface area contributed by atoms with Crippen LogP contribution in [0.2, 0.25) is 0 Å². The summed E-state index contributed by atoms with van der Waals surface area (Å²) in [5.74, 6) is 0.0934. The molecule has 2 heterocycles. The first-order valence-corrected chi connectivity index (χ1v) is 10.0. The molecule has 1 saturated carbocycles. The van der Waals surface area contributed by atoms with Crippen LogP contribution < -0.4 is 5.32 Å². The van der Waals surface area contributed by atoms with Crippen LogP contribution in [0.1, 0.15) is 43.9 Å². The number of urea groups is 1. The molecule has 5 nitrogen and oxygen atoms in total. The van der Waals surface area contributed by atoms with Gasteiger partial charge in [0.25, 0.3) is 5.91 Å². The molecule has 136 valence electrons. The van der Waals surface area contributed by atoms with Crippen molar-refractivity contribution in [1.82, 2.24) is 15.2 Å². The molecule has 1 saturated heterocycles. The average molecular weight is 369 g/mol. The van der Waals surface area contributed by atoms with Gasteiger partial charge in [0, 0.05) is 10.9 Å². The van der Waals surface area contributed by atoms with Crippen molar-refractivity contribution in [2.24, 2.45) is 5.92 Å². The van der Waals surface area contributed by atoms with E-state index in [0.717, 1.165) is 41.9 Å². The third kappa shape index (κ3) is 2.82. The third-order valence-corrected chi connectivity index (χ3v) is 6.61. The zero-order valence-corrected chi connectivity index (χ0v) is 15.9. The molecule has 4 rings (SSSR count). The molecule has 1 aliphatic carbocycles. The number of nitrogens with zero attached hydrogens (tertiary/aromatic N) is 2. The highest BCUT2D eigenvalue weighted by Crippen LogP contribution is 2.38. The predicted octanol–water partition coefficient (Wildman–Crippen LogP) is 4.12. The Morgan fingerprint density at radius 3 is 2.77 bits per heavy atom. The Hall–Kier alpha value is -2.21. The molecule has 0 bridgehead atoms. The summed E-state index contributed by atoms with van der Waals surface area (Å²) in [5.41, 5.74) is 2.32. The van der Waals surface area contributed by atoms with Crippen LogP contribution in [0.5, 0.6) is 0 Å². The van der Waals surface area contributed by atoms with Crippen molar-refractivity contribution >= 4 is 23.3 Å². The van der Waals surface area contributed by atoms with Crippen LogP contribution in [0.25, 0.3) is 10.6 Å². The molecule has 0 radical (unpaired) electrons. The van der Waals surface area contributed by atoms with Crippen molar-refractivity contribution < 1.29 is 9.59 Å². The second-order valence-corrected chi connectivity index (χ2v) is 8.31. The molecule has 0 unspecified atom stereocenters. The minimum absolute atomic E-state index is 0.0837. The second kappa shape index (κ2) is 6.50. The lowest BCUT2D eigenvalue weighted by atomic mass is 9.73. The zero-order valence-electron chi connectivity index (χ0n) is 15.1. The topological polar surface area (TPSA) is 62.3 Å². The number of hydrogen-bond acceptors (Lipinski definition) is 4. The summed E-state index contributed by atoms with van der Waals surface area (Å²) in [4.78, 5) is 31.5. The number of carbonyl (C=O) groups is 2. The van der Waals surface area contributed by atoms with Gasteiger partial charge in [0.1, 0.15) is 10.5 Å². The summed E-state index contributed by atoms with van der Waals surface area (Å²) in [6.07, 6.45) is 3.82. The van der Waals surface area contributed by atoms with Crippen LogP contribution in [0.3, 0.4) is 0 Å². The lowest BCUT2D eigenvalue weighted by Crippen LogP contribution is -2.53. The van der Waals surface area contributed by atoms with E-state index in [0.29, 0.717) is 0 Å². The van der Waals surface area contributed by atoms with Crippen LogP contribution >= 0.6 is 11.3 Å². The maximum Gasteiger partial charge on any atom is 0.325 e. The smallest absolute Gasteiger partial charge is 0.323 e. The number of aromatic nitrogens is 1. The molecule has 1 aliphatic heterocycles. The van der Waals surface area contributed by atoms with Gasteiger partial charge in [0.05, 0.1) is 12.2 Å². The van der Waals surface area contributed by atoms with E-state index in [4.69, 9.17) is 0 Å². The molecule has 1 N–H and O–H groups in total. The van der Waals surface area contributed by atoms with E-state index in [1.54, 1.807) is 11.3 Å². The van der Waals surface area contributed by atoms with Gasteiger partial charge in [-0.1, -0.05) is 49.6 Å². The van der Waals surface area contributed by atoms with E-state index in [1.165, 1.54) is 10.5 Å². The maximum absolute atomic E-state index is 13.0. The molecule has 26 heavy (non-hydrogen) atoms. The lowest BCUT2D eigenvalue weighted by molar-refractivity contribution is -0.134. The highest BCUT2D eigenvalue weighted by atomic mass is 32.1. The fraction of sp³-hybridized carbons (Fsp3) is 0.450. The molecule has 1 aromatic heterocycles. The van der Waals surface area contributed by atoms with Gasteiger partial charge in [-0.25, -0.2) is 9.78 Å². The molecule has 2 fully saturated rings. The fourth-order valence-corrected chi connectivity index (χ4v) is 4.83. The number of hydrogen-bond donors (Lipinski definition) is 1. The van der Waals surface area contributed by atoms with Gasteiger partial charge in [-0.15, -0.1) is 11.3 Å². The third-order valence-electron chi connectivity index (χ3n) is 5.67. The molecule has 6 heteroatoms. The normalized spacial score (nSPS) is 25.8. The predicted molar refractivity (Wildman–Crippen MR) is 102 cm³/mol. The standard InChI is InChI=1S/C20H23N3O2S/c1-13-6-8-15(9-7-13)17-21-16(12-26-17)11-23-18(24)20(22-19(23)25)10-4-3-5-14(20)2/h6-9,12,14H,3-5,10-11H2,1-2H3,(H,22,25)/t14-,20-/m1/s1. The Bertz CT molecular complexity index is 845. The number of aryl methyl sites for hydroxylation is 1. The highest BCUT2D eigenvalue weighted by molar-refractivity contribution is 7.13. The van der Waals surface area contributed by atoms with Gasteiger partial charge in [-0.2, -0.15) is 0 Å². The number of imide groups is 1. The first kappa shape index (κ1) is 17.2. The minimum Gasteiger partial charge on any atom is -0.323 e. The van der Waals surface area contributed by atoms with Crippen molar-refractivity contribution in [3.8, 4) is 10.6 Å². The van der Waals surface area contributed by atoms with E-state index in [9.17, 15) is 9.59 Å². The fourth-order valence-electron chi connectivity index (χ4n) is 4.01. The van der Waals surface area contributed by atoms with Crippen molar-refractivity contribution in [3.63, 3.8) is 0 Å². The number of thiazole rings is 1. The molecule has 2 aromatic rings. The summed E-state index contributed by atoms with van der Waals surface area (Å²) >= 11 is 1.54. The average Bonchev–Trinajstić information content (AvgIpc) is 3.18. The molecular formula is C20H23N3O2S. The summed E-state index contributed by atoms with van der Waals surface area (Å²) in [6.45, 7) is 4.36. The molecular weight excluding hydrogens is 346 g/mol. The van der Waals surface area contributed by atoms with Crippen molar-refractivity contribution in [2.75, 3.05) is 0 Å². The molecule has 1 spiro atoms. The molecule has 2 atom stereocenters. The Morgan fingerprint density at radius 1 is 1.27 bits per heavy atom. The van der Waals surface area contributed by atoms with E-state index < -0.39 is 5.54 Å². The highest BCUT2D eigenvalue weighted by Gasteiger charge is 2.54. The Kier molecular flexibility index (Phi) is 4.31.